The van der Waals surface area contributed by atoms with Crippen LogP contribution in [0.25, 0.3) is 0 Å². The number of anilines is 1. The number of hydrogen-bond donors (Lipinski definition) is 2. The molecule has 0 bridgehead atoms. The fourth-order valence-electron chi connectivity index (χ4n) is 1.62. The lowest BCUT2D eigenvalue weighted by molar-refractivity contribution is 0.182. The number of methoxy groups -OCH3 is 2. The molecule has 0 fully saturated rings. The highest BCUT2D eigenvalue weighted by molar-refractivity contribution is 5.48. The van der Waals surface area contributed by atoms with Crippen molar-refractivity contribution in [1.82, 2.24) is 9.97 Å². The minimum Gasteiger partial charge on any atom is -0.489 e. The van der Waals surface area contributed by atoms with Crippen LogP contribution in [0.15, 0.2) is 11.1 Å². The van der Waals surface area contributed by atoms with Crippen molar-refractivity contribution < 1.29 is 9.47 Å². The number of hydrogen-bond acceptors (Lipinski definition) is 5. The second kappa shape index (κ2) is 6.90. The first-order valence-electron chi connectivity index (χ1n) is 5.60. The normalized spacial score (nSPS) is 12.2. The Bertz CT molecular complexity index is 386. The molecular formula is C11H19N3O3. The first-order valence-corrected chi connectivity index (χ1v) is 5.60. The Balaban J connectivity index is 2.84. The Labute approximate surface area is 100 Å². The van der Waals surface area contributed by atoms with Gasteiger partial charge in [-0.25, -0.2) is 4.98 Å². The maximum atomic E-state index is 11.5. The average Bonchev–Trinajstić information content (AvgIpc) is 2.30. The van der Waals surface area contributed by atoms with E-state index in [2.05, 4.69) is 22.2 Å². The zero-order chi connectivity index (χ0) is 12.7. The third-order valence-electron chi connectivity index (χ3n) is 2.36. The lowest BCUT2D eigenvalue weighted by Gasteiger charge is -2.18. The highest BCUT2D eigenvalue weighted by Crippen LogP contribution is 2.16. The number of rotatable bonds is 7. The standard InChI is InChI=1S/C11H19N3O3/c1-4-5-8(6-16-2)14-10-9(17-3)11(15)13-7-12-10/h7-8H,4-6H2,1-3H3,(H2,12,13,14,15). The van der Waals surface area contributed by atoms with Gasteiger partial charge in [0.1, 0.15) is 0 Å². The van der Waals surface area contributed by atoms with Gasteiger partial charge in [-0.3, -0.25) is 4.79 Å². The summed E-state index contributed by atoms with van der Waals surface area (Å²) in [5, 5.41) is 3.16. The Kier molecular flexibility index (Phi) is 5.48. The number of H-pyrrole nitrogens is 1. The summed E-state index contributed by atoms with van der Waals surface area (Å²) in [7, 11) is 3.09. The van der Waals surface area contributed by atoms with Crippen LogP contribution in [0, 0.1) is 0 Å². The molecule has 0 saturated carbocycles. The molecule has 17 heavy (non-hydrogen) atoms. The Morgan fingerprint density at radius 2 is 2.29 bits per heavy atom. The molecule has 96 valence electrons. The van der Waals surface area contributed by atoms with E-state index in [4.69, 9.17) is 9.47 Å². The van der Waals surface area contributed by atoms with Crippen molar-refractivity contribution in [2.24, 2.45) is 0 Å². The van der Waals surface area contributed by atoms with E-state index in [9.17, 15) is 4.79 Å². The van der Waals surface area contributed by atoms with Crippen LogP contribution in [0.2, 0.25) is 0 Å². The van der Waals surface area contributed by atoms with Gasteiger partial charge >= 0.3 is 0 Å². The van der Waals surface area contributed by atoms with E-state index in [0.717, 1.165) is 12.8 Å². The van der Waals surface area contributed by atoms with Gasteiger partial charge < -0.3 is 19.8 Å². The lowest BCUT2D eigenvalue weighted by atomic mass is 10.2. The van der Waals surface area contributed by atoms with Crippen molar-refractivity contribution in [1.29, 1.82) is 0 Å². The van der Waals surface area contributed by atoms with E-state index in [1.54, 1.807) is 7.11 Å². The molecule has 6 heteroatoms. The molecule has 1 aromatic rings. The van der Waals surface area contributed by atoms with Crippen molar-refractivity contribution in [3.05, 3.63) is 16.7 Å². The second-order valence-electron chi connectivity index (χ2n) is 3.70. The molecule has 0 amide bonds. The SMILES string of the molecule is CCCC(COC)Nc1nc[nH]c(=O)c1OC. The summed E-state index contributed by atoms with van der Waals surface area (Å²) < 4.78 is 10.1. The van der Waals surface area contributed by atoms with Crippen LogP contribution in [0.3, 0.4) is 0 Å². The van der Waals surface area contributed by atoms with Gasteiger partial charge in [0, 0.05) is 7.11 Å². The van der Waals surface area contributed by atoms with Gasteiger partial charge in [0.2, 0.25) is 5.75 Å². The van der Waals surface area contributed by atoms with Gasteiger partial charge in [0.25, 0.3) is 5.56 Å². The number of aromatic amines is 1. The highest BCUT2D eigenvalue weighted by atomic mass is 16.5. The van der Waals surface area contributed by atoms with Gasteiger partial charge in [-0.15, -0.1) is 0 Å². The summed E-state index contributed by atoms with van der Waals surface area (Å²) in [6, 6.07) is 0.119. The zero-order valence-electron chi connectivity index (χ0n) is 10.4. The van der Waals surface area contributed by atoms with Crippen molar-refractivity contribution in [3.63, 3.8) is 0 Å². The molecule has 1 aromatic heterocycles. The summed E-state index contributed by atoms with van der Waals surface area (Å²) >= 11 is 0. The average molecular weight is 241 g/mol. The molecule has 0 aromatic carbocycles. The Morgan fingerprint density at radius 1 is 1.53 bits per heavy atom. The molecule has 1 unspecified atom stereocenters. The van der Waals surface area contributed by atoms with Crippen molar-refractivity contribution in [2.45, 2.75) is 25.8 Å². The third kappa shape index (κ3) is 3.74. The molecule has 1 heterocycles. The number of nitrogens with zero attached hydrogens (tertiary/aromatic N) is 1. The monoisotopic (exact) mass is 241 g/mol. The molecule has 1 rings (SSSR count). The summed E-state index contributed by atoms with van der Waals surface area (Å²) in [5.41, 5.74) is -0.294. The van der Waals surface area contributed by atoms with E-state index in [-0.39, 0.29) is 17.4 Å². The van der Waals surface area contributed by atoms with E-state index in [1.165, 1.54) is 13.4 Å². The molecule has 0 aliphatic rings. The summed E-state index contributed by atoms with van der Waals surface area (Å²) in [6.07, 6.45) is 3.31. The van der Waals surface area contributed by atoms with E-state index < -0.39 is 0 Å². The van der Waals surface area contributed by atoms with Crippen LogP contribution < -0.4 is 15.6 Å². The van der Waals surface area contributed by atoms with E-state index in [1.807, 2.05) is 0 Å². The lowest BCUT2D eigenvalue weighted by Crippen LogP contribution is -2.27. The largest absolute Gasteiger partial charge is 0.489 e. The highest BCUT2D eigenvalue weighted by Gasteiger charge is 2.13. The van der Waals surface area contributed by atoms with Crippen molar-refractivity contribution in [3.8, 4) is 5.75 Å². The van der Waals surface area contributed by atoms with Crippen molar-refractivity contribution in [2.75, 3.05) is 26.1 Å². The van der Waals surface area contributed by atoms with Crippen molar-refractivity contribution >= 4 is 5.82 Å². The number of nitrogens with one attached hydrogen (secondary N) is 2. The maximum absolute atomic E-state index is 11.5. The molecule has 0 radical (unpaired) electrons. The quantitative estimate of drug-likeness (QED) is 0.745. The first-order chi connectivity index (χ1) is 8.22. The third-order valence-corrected chi connectivity index (χ3v) is 2.36. The van der Waals surface area contributed by atoms with Crippen LogP contribution in [-0.2, 0) is 4.74 Å². The van der Waals surface area contributed by atoms with Crippen LogP contribution >= 0.6 is 0 Å². The maximum Gasteiger partial charge on any atom is 0.295 e. The minimum absolute atomic E-state index is 0.119. The zero-order valence-corrected chi connectivity index (χ0v) is 10.4. The molecule has 1 atom stereocenters. The predicted octanol–water partition coefficient (Wildman–Crippen LogP) is 1.01. The number of ether oxygens (including phenoxy) is 2. The van der Waals surface area contributed by atoms with Crippen LogP contribution in [0.1, 0.15) is 19.8 Å². The van der Waals surface area contributed by atoms with Gasteiger partial charge in [0.15, 0.2) is 5.82 Å². The summed E-state index contributed by atoms with van der Waals surface area (Å²) in [5.74, 6) is 0.649. The Hall–Kier alpha value is -1.56. The molecular weight excluding hydrogens is 222 g/mol. The van der Waals surface area contributed by atoms with Crippen LogP contribution in [0.4, 0.5) is 5.82 Å². The molecule has 2 N–H and O–H groups in total. The smallest absolute Gasteiger partial charge is 0.295 e. The van der Waals surface area contributed by atoms with Gasteiger partial charge in [-0.1, -0.05) is 13.3 Å². The molecule has 0 spiro atoms. The molecule has 6 nitrogen and oxygen atoms in total. The van der Waals surface area contributed by atoms with Gasteiger partial charge in [-0.05, 0) is 6.42 Å². The topological polar surface area (TPSA) is 76.2 Å². The summed E-state index contributed by atoms with van der Waals surface area (Å²) in [4.78, 5) is 18.0. The van der Waals surface area contributed by atoms with Gasteiger partial charge in [-0.2, -0.15) is 0 Å². The molecule has 0 aliphatic carbocycles. The van der Waals surface area contributed by atoms with E-state index >= 15 is 0 Å². The minimum atomic E-state index is -0.294. The first kappa shape index (κ1) is 13.5. The molecule has 0 saturated heterocycles. The second-order valence-corrected chi connectivity index (χ2v) is 3.70. The molecule has 0 aliphatic heterocycles. The Morgan fingerprint density at radius 3 is 2.88 bits per heavy atom. The fraction of sp³-hybridized carbons (Fsp3) is 0.636. The predicted molar refractivity (Wildman–Crippen MR) is 65.6 cm³/mol. The number of aromatic nitrogens is 2. The van der Waals surface area contributed by atoms with Gasteiger partial charge in [0.05, 0.1) is 26.1 Å². The summed E-state index contributed by atoms with van der Waals surface area (Å²) in [6.45, 7) is 2.65. The van der Waals surface area contributed by atoms with Crippen LogP contribution in [0.5, 0.6) is 5.75 Å². The van der Waals surface area contributed by atoms with Crippen LogP contribution in [-0.4, -0.2) is 36.8 Å². The fourth-order valence-corrected chi connectivity index (χ4v) is 1.62. The van der Waals surface area contributed by atoms with E-state index in [0.29, 0.717) is 12.4 Å².